The van der Waals surface area contributed by atoms with Crippen LogP contribution in [-0.2, 0) is 11.3 Å². The molecule has 1 aliphatic heterocycles. The van der Waals surface area contributed by atoms with Crippen LogP contribution in [0, 0.1) is 11.8 Å². The Labute approximate surface area is 206 Å². The van der Waals surface area contributed by atoms with E-state index in [0.717, 1.165) is 28.6 Å². The zero-order valence-corrected chi connectivity index (χ0v) is 21.2. The van der Waals surface area contributed by atoms with Crippen molar-refractivity contribution in [3.05, 3.63) is 53.2 Å². The average Bonchev–Trinajstić information content (AvgIpc) is 3.15. The Bertz CT molecular complexity index is 1140. The number of amides is 1. The fourth-order valence-corrected chi connectivity index (χ4v) is 4.86. The van der Waals surface area contributed by atoms with Crippen LogP contribution >= 0.6 is 11.6 Å². The van der Waals surface area contributed by atoms with Gasteiger partial charge in [0.25, 0.3) is 0 Å². The Morgan fingerprint density at radius 2 is 1.91 bits per heavy atom. The summed E-state index contributed by atoms with van der Waals surface area (Å²) in [4.78, 5) is 21.0. The molecule has 1 amide bonds. The van der Waals surface area contributed by atoms with Crippen molar-refractivity contribution >= 4 is 34.1 Å². The predicted molar refractivity (Wildman–Crippen MR) is 138 cm³/mol. The molecule has 1 N–H and O–H groups in total. The highest BCUT2D eigenvalue weighted by Crippen LogP contribution is 2.38. The number of fused-ring (bicyclic) bond motifs is 2. The summed E-state index contributed by atoms with van der Waals surface area (Å²) in [5, 5.41) is 1.68. The molecule has 0 fully saturated rings. The number of benzene rings is 2. The number of aromatic amines is 1. The standard InChI is InChI=1S/C27H34ClN3O3/c1-18(2)15-31(17-20-13-22(28)26-25(14-20)33-11-6-12-34-26)27(32)19(3)16-30(4)24-8-5-7-23-21(24)9-10-29-23/h5,7-10,13-14,18-19,29H,6,11-12,15-17H2,1-4H3/t19-/m0/s1. The third-order valence-corrected chi connectivity index (χ3v) is 6.37. The highest BCUT2D eigenvalue weighted by Gasteiger charge is 2.25. The number of nitrogens with one attached hydrogen (secondary N) is 1. The number of carbonyl (C=O) groups is 1. The number of halogens is 1. The predicted octanol–water partition coefficient (Wildman–Crippen LogP) is 5.74. The lowest BCUT2D eigenvalue weighted by Crippen LogP contribution is -2.41. The van der Waals surface area contributed by atoms with Gasteiger partial charge >= 0.3 is 0 Å². The van der Waals surface area contributed by atoms with Crippen LogP contribution in [0.2, 0.25) is 5.02 Å². The van der Waals surface area contributed by atoms with E-state index in [9.17, 15) is 4.79 Å². The molecule has 0 saturated heterocycles. The Balaban J connectivity index is 1.50. The molecular weight excluding hydrogens is 450 g/mol. The maximum absolute atomic E-state index is 13.6. The summed E-state index contributed by atoms with van der Waals surface area (Å²) < 4.78 is 11.6. The number of carbonyl (C=O) groups excluding carboxylic acids is 1. The molecule has 1 aliphatic rings. The lowest BCUT2D eigenvalue weighted by Gasteiger charge is -2.30. The molecule has 2 aromatic carbocycles. The van der Waals surface area contributed by atoms with E-state index in [2.05, 4.69) is 41.9 Å². The van der Waals surface area contributed by atoms with Crippen LogP contribution in [0.3, 0.4) is 0 Å². The summed E-state index contributed by atoms with van der Waals surface area (Å²) in [5.74, 6) is 1.56. The van der Waals surface area contributed by atoms with Crippen LogP contribution in [0.4, 0.5) is 5.69 Å². The molecule has 6 nitrogen and oxygen atoms in total. The number of anilines is 1. The van der Waals surface area contributed by atoms with Gasteiger partial charge < -0.3 is 24.3 Å². The average molecular weight is 484 g/mol. The van der Waals surface area contributed by atoms with Crippen LogP contribution in [-0.4, -0.2) is 49.1 Å². The first-order valence-electron chi connectivity index (χ1n) is 12.0. The molecule has 0 bridgehead atoms. The number of hydrogen-bond donors (Lipinski definition) is 1. The van der Waals surface area contributed by atoms with Crippen LogP contribution in [0.5, 0.6) is 11.5 Å². The molecule has 0 saturated carbocycles. The number of nitrogens with zero attached hydrogens (tertiary/aromatic N) is 2. The number of H-pyrrole nitrogens is 1. The molecular formula is C27H34ClN3O3. The number of rotatable bonds is 8. The maximum atomic E-state index is 13.6. The van der Waals surface area contributed by atoms with Gasteiger partial charge in [0.05, 0.1) is 24.2 Å². The van der Waals surface area contributed by atoms with Gasteiger partial charge in [-0.3, -0.25) is 4.79 Å². The van der Waals surface area contributed by atoms with Gasteiger partial charge in [-0.15, -0.1) is 0 Å². The monoisotopic (exact) mass is 483 g/mol. The van der Waals surface area contributed by atoms with Gasteiger partial charge in [-0.2, -0.15) is 0 Å². The smallest absolute Gasteiger partial charge is 0.227 e. The van der Waals surface area contributed by atoms with Crippen LogP contribution in [0.25, 0.3) is 10.9 Å². The van der Waals surface area contributed by atoms with E-state index in [4.69, 9.17) is 21.1 Å². The summed E-state index contributed by atoms with van der Waals surface area (Å²) in [6.45, 7) is 9.23. The zero-order valence-electron chi connectivity index (χ0n) is 20.4. The fourth-order valence-electron chi connectivity index (χ4n) is 4.57. The molecule has 1 atom stereocenters. The minimum absolute atomic E-state index is 0.130. The SMILES string of the molecule is CC(C)CN(Cc1cc(Cl)c2c(c1)OCCCO2)C(=O)[C@@H](C)CN(C)c1cccc2[nH]ccc12. The third-order valence-electron chi connectivity index (χ3n) is 6.09. The topological polar surface area (TPSA) is 57.8 Å². The van der Waals surface area contributed by atoms with Crippen LogP contribution in [0.1, 0.15) is 32.8 Å². The largest absolute Gasteiger partial charge is 0.489 e. The first-order valence-corrected chi connectivity index (χ1v) is 12.3. The van der Waals surface area contributed by atoms with Gasteiger partial charge in [-0.1, -0.05) is 38.4 Å². The van der Waals surface area contributed by atoms with Gasteiger partial charge in [-0.05, 0) is 41.8 Å². The van der Waals surface area contributed by atoms with E-state index in [1.165, 1.54) is 0 Å². The zero-order chi connectivity index (χ0) is 24.2. The Morgan fingerprint density at radius 1 is 1.12 bits per heavy atom. The van der Waals surface area contributed by atoms with Gasteiger partial charge in [-0.25, -0.2) is 0 Å². The quantitative estimate of drug-likeness (QED) is 0.444. The van der Waals surface area contributed by atoms with Crippen molar-refractivity contribution < 1.29 is 14.3 Å². The minimum Gasteiger partial charge on any atom is -0.489 e. The summed E-state index contributed by atoms with van der Waals surface area (Å²) >= 11 is 6.51. The van der Waals surface area contributed by atoms with Crippen LogP contribution in [0.15, 0.2) is 42.6 Å². The normalized spacial score (nSPS) is 14.2. The van der Waals surface area contributed by atoms with E-state index < -0.39 is 0 Å². The Morgan fingerprint density at radius 3 is 2.71 bits per heavy atom. The number of hydrogen-bond acceptors (Lipinski definition) is 4. The summed E-state index contributed by atoms with van der Waals surface area (Å²) in [5.41, 5.74) is 3.15. The maximum Gasteiger partial charge on any atom is 0.227 e. The number of aromatic nitrogens is 1. The van der Waals surface area contributed by atoms with Gasteiger partial charge in [0, 0.05) is 55.9 Å². The fraction of sp³-hybridized carbons (Fsp3) is 0.444. The lowest BCUT2D eigenvalue weighted by molar-refractivity contribution is -0.135. The van der Waals surface area contributed by atoms with Gasteiger partial charge in [0.2, 0.25) is 5.91 Å². The van der Waals surface area contributed by atoms with E-state index in [1.807, 2.05) is 43.3 Å². The van der Waals surface area contributed by atoms with E-state index in [1.54, 1.807) is 0 Å². The molecule has 182 valence electrons. The van der Waals surface area contributed by atoms with Crippen molar-refractivity contribution in [1.82, 2.24) is 9.88 Å². The molecule has 1 aromatic heterocycles. The second-order valence-corrected chi connectivity index (χ2v) is 9.97. The highest BCUT2D eigenvalue weighted by atomic mass is 35.5. The van der Waals surface area contributed by atoms with Gasteiger partial charge in [0.15, 0.2) is 11.5 Å². The summed E-state index contributed by atoms with van der Waals surface area (Å²) in [7, 11) is 2.04. The van der Waals surface area contributed by atoms with Crippen molar-refractivity contribution in [2.45, 2.75) is 33.7 Å². The summed E-state index contributed by atoms with van der Waals surface area (Å²) in [6, 6.07) is 12.1. The molecule has 0 radical (unpaired) electrons. The van der Waals surface area contributed by atoms with Crippen molar-refractivity contribution in [2.24, 2.45) is 11.8 Å². The molecule has 0 unspecified atom stereocenters. The second-order valence-electron chi connectivity index (χ2n) is 9.57. The molecule has 34 heavy (non-hydrogen) atoms. The van der Waals surface area contributed by atoms with Crippen molar-refractivity contribution in [3.63, 3.8) is 0 Å². The first kappa shape index (κ1) is 24.3. The molecule has 0 aliphatic carbocycles. The summed E-state index contributed by atoms with van der Waals surface area (Å²) in [6.07, 6.45) is 2.77. The number of ether oxygens (including phenoxy) is 2. The molecule has 0 spiro atoms. The second kappa shape index (κ2) is 10.6. The minimum atomic E-state index is -0.172. The molecule has 3 aromatic rings. The molecule has 7 heteroatoms. The highest BCUT2D eigenvalue weighted by molar-refractivity contribution is 6.32. The van der Waals surface area contributed by atoms with Crippen molar-refractivity contribution in [3.8, 4) is 11.5 Å². The van der Waals surface area contributed by atoms with E-state index in [-0.39, 0.29) is 11.8 Å². The Kier molecular flexibility index (Phi) is 7.57. The van der Waals surface area contributed by atoms with E-state index >= 15 is 0 Å². The van der Waals surface area contributed by atoms with Crippen molar-refractivity contribution in [2.75, 3.05) is 38.3 Å². The van der Waals surface area contributed by atoms with E-state index in [0.29, 0.717) is 55.3 Å². The molecule has 4 rings (SSSR count). The van der Waals surface area contributed by atoms with Crippen molar-refractivity contribution in [1.29, 1.82) is 0 Å². The van der Waals surface area contributed by atoms with Gasteiger partial charge in [0.1, 0.15) is 0 Å². The lowest BCUT2D eigenvalue weighted by atomic mass is 10.1. The van der Waals surface area contributed by atoms with Crippen LogP contribution < -0.4 is 14.4 Å². The first-order chi connectivity index (χ1) is 16.3. The third kappa shape index (κ3) is 5.44. The molecule has 2 heterocycles. The Hall–Kier alpha value is -2.86.